The highest BCUT2D eigenvalue weighted by atomic mass is 19.1. The molecule has 0 fully saturated rings. The molecule has 0 saturated heterocycles. The van der Waals surface area contributed by atoms with Gasteiger partial charge in [0.05, 0.1) is 5.69 Å². The minimum absolute atomic E-state index is 0.139. The molecule has 1 aromatic carbocycles. The molecular weight excluding hydrogens is 292 g/mol. The Morgan fingerprint density at radius 1 is 0.957 bits per heavy atom. The second-order valence-corrected chi connectivity index (χ2v) is 6.83. The topological polar surface area (TPSA) is 12.9 Å². The lowest BCUT2D eigenvalue weighted by Crippen LogP contribution is -2.09. The fourth-order valence-corrected chi connectivity index (χ4v) is 2.80. The number of pyridine rings is 1. The summed E-state index contributed by atoms with van der Waals surface area (Å²) in [7, 11) is 0. The summed E-state index contributed by atoms with van der Waals surface area (Å²) in [5.41, 5.74) is 2.20. The SMILES string of the molecule is CC(Cc1ccc([C@H](C)C(C)C)c(F)c1)Cc1ncccc1F. The van der Waals surface area contributed by atoms with Crippen molar-refractivity contribution in [2.24, 2.45) is 11.8 Å². The van der Waals surface area contributed by atoms with Gasteiger partial charge in [0, 0.05) is 6.20 Å². The van der Waals surface area contributed by atoms with Crippen LogP contribution < -0.4 is 0 Å². The van der Waals surface area contributed by atoms with Crippen molar-refractivity contribution in [3.63, 3.8) is 0 Å². The van der Waals surface area contributed by atoms with Gasteiger partial charge in [0.15, 0.2) is 0 Å². The maximum Gasteiger partial charge on any atom is 0.144 e. The summed E-state index contributed by atoms with van der Waals surface area (Å²) in [4.78, 5) is 4.09. The molecule has 0 N–H and O–H groups in total. The fourth-order valence-electron chi connectivity index (χ4n) is 2.80. The molecule has 2 rings (SSSR count). The minimum atomic E-state index is -0.272. The zero-order valence-electron chi connectivity index (χ0n) is 14.3. The van der Waals surface area contributed by atoms with Crippen LogP contribution >= 0.6 is 0 Å². The van der Waals surface area contributed by atoms with E-state index >= 15 is 0 Å². The molecule has 23 heavy (non-hydrogen) atoms. The summed E-state index contributed by atoms with van der Waals surface area (Å²) >= 11 is 0. The van der Waals surface area contributed by atoms with E-state index in [0.717, 1.165) is 11.1 Å². The van der Waals surface area contributed by atoms with Crippen LogP contribution in [0.2, 0.25) is 0 Å². The first-order valence-electron chi connectivity index (χ1n) is 8.26. The smallest absolute Gasteiger partial charge is 0.144 e. The van der Waals surface area contributed by atoms with E-state index in [1.165, 1.54) is 6.07 Å². The van der Waals surface area contributed by atoms with Crippen molar-refractivity contribution in [3.05, 3.63) is 65.0 Å². The summed E-state index contributed by atoms with van der Waals surface area (Å²) in [6, 6.07) is 8.52. The van der Waals surface area contributed by atoms with Crippen molar-refractivity contribution in [2.45, 2.75) is 46.5 Å². The van der Waals surface area contributed by atoms with E-state index in [-0.39, 0.29) is 23.5 Å². The van der Waals surface area contributed by atoms with E-state index in [0.29, 0.717) is 24.5 Å². The third-order valence-corrected chi connectivity index (χ3v) is 4.52. The van der Waals surface area contributed by atoms with Crippen LogP contribution in [0.3, 0.4) is 0 Å². The average Bonchev–Trinajstić information content (AvgIpc) is 2.49. The van der Waals surface area contributed by atoms with Crippen LogP contribution in [0, 0.1) is 23.5 Å². The third-order valence-electron chi connectivity index (χ3n) is 4.52. The zero-order chi connectivity index (χ0) is 17.0. The van der Waals surface area contributed by atoms with Gasteiger partial charge in [0.25, 0.3) is 0 Å². The Bertz CT molecular complexity index is 652. The maximum atomic E-state index is 14.3. The molecule has 1 aromatic heterocycles. The van der Waals surface area contributed by atoms with E-state index in [2.05, 4.69) is 25.8 Å². The summed E-state index contributed by atoms with van der Waals surface area (Å²) in [6.45, 7) is 8.29. The second kappa shape index (κ2) is 7.67. The first-order chi connectivity index (χ1) is 10.9. The van der Waals surface area contributed by atoms with Gasteiger partial charge in [-0.1, -0.05) is 39.8 Å². The molecule has 0 aliphatic rings. The molecule has 1 unspecified atom stereocenters. The summed E-state index contributed by atoms with van der Waals surface area (Å²) < 4.78 is 28.0. The molecule has 0 aliphatic heterocycles. The van der Waals surface area contributed by atoms with Crippen LogP contribution in [0.1, 0.15) is 50.4 Å². The van der Waals surface area contributed by atoms with Gasteiger partial charge in [-0.25, -0.2) is 8.78 Å². The van der Waals surface area contributed by atoms with Crippen molar-refractivity contribution in [1.82, 2.24) is 4.98 Å². The van der Waals surface area contributed by atoms with Gasteiger partial charge in [-0.3, -0.25) is 4.98 Å². The van der Waals surface area contributed by atoms with Gasteiger partial charge in [-0.15, -0.1) is 0 Å². The van der Waals surface area contributed by atoms with Crippen LogP contribution in [0.4, 0.5) is 8.78 Å². The second-order valence-electron chi connectivity index (χ2n) is 6.83. The van der Waals surface area contributed by atoms with Crippen molar-refractivity contribution in [1.29, 1.82) is 0 Å². The number of halogens is 2. The summed E-state index contributed by atoms with van der Waals surface area (Å²) in [5, 5.41) is 0. The molecule has 3 heteroatoms. The monoisotopic (exact) mass is 317 g/mol. The molecular formula is C20H25F2N. The summed E-state index contributed by atoms with van der Waals surface area (Å²) in [5.74, 6) is 0.393. The molecule has 2 aromatic rings. The number of hydrogen-bond acceptors (Lipinski definition) is 1. The number of hydrogen-bond donors (Lipinski definition) is 0. The summed E-state index contributed by atoms with van der Waals surface area (Å²) in [6.07, 6.45) is 2.87. The number of aromatic nitrogens is 1. The highest BCUT2D eigenvalue weighted by Crippen LogP contribution is 2.27. The molecule has 0 aliphatic carbocycles. The Balaban J connectivity index is 2.06. The lowest BCUT2D eigenvalue weighted by atomic mass is 9.88. The van der Waals surface area contributed by atoms with E-state index in [1.54, 1.807) is 18.3 Å². The standard InChI is InChI=1S/C20H25F2N/c1-13(2)15(4)17-8-7-16(12-19(17)22)10-14(3)11-20-18(21)6-5-9-23-20/h5-9,12-15H,10-11H2,1-4H3/t14?,15-/m1/s1. The maximum absolute atomic E-state index is 14.3. The zero-order valence-corrected chi connectivity index (χ0v) is 14.3. The van der Waals surface area contributed by atoms with E-state index < -0.39 is 0 Å². The Kier molecular flexibility index (Phi) is 5.86. The molecule has 0 saturated carbocycles. The van der Waals surface area contributed by atoms with Crippen LogP contribution in [0.15, 0.2) is 36.5 Å². The van der Waals surface area contributed by atoms with Gasteiger partial charge in [-0.2, -0.15) is 0 Å². The lowest BCUT2D eigenvalue weighted by molar-refractivity contribution is 0.498. The molecule has 1 nitrogen and oxygen atoms in total. The largest absolute Gasteiger partial charge is 0.258 e. The van der Waals surface area contributed by atoms with Crippen molar-refractivity contribution >= 4 is 0 Å². The Hall–Kier alpha value is -1.77. The van der Waals surface area contributed by atoms with Gasteiger partial charge >= 0.3 is 0 Å². The quantitative estimate of drug-likeness (QED) is 0.681. The Labute approximate surface area is 137 Å². The Morgan fingerprint density at radius 3 is 2.30 bits per heavy atom. The van der Waals surface area contributed by atoms with Crippen molar-refractivity contribution in [2.75, 3.05) is 0 Å². The molecule has 0 spiro atoms. The van der Waals surface area contributed by atoms with Gasteiger partial charge in [-0.05, 0) is 59.9 Å². The lowest BCUT2D eigenvalue weighted by Gasteiger charge is -2.18. The predicted molar refractivity (Wildman–Crippen MR) is 90.4 cm³/mol. The molecule has 1 heterocycles. The number of benzene rings is 1. The average molecular weight is 317 g/mol. The highest BCUT2D eigenvalue weighted by Gasteiger charge is 2.16. The van der Waals surface area contributed by atoms with Crippen LogP contribution in [0.5, 0.6) is 0 Å². The van der Waals surface area contributed by atoms with Crippen LogP contribution in [-0.2, 0) is 12.8 Å². The molecule has 0 radical (unpaired) electrons. The highest BCUT2D eigenvalue weighted by molar-refractivity contribution is 5.27. The molecule has 2 atom stereocenters. The van der Waals surface area contributed by atoms with Crippen molar-refractivity contribution < 1.29 is 8.78 Å². The van der Waals surface area contributed by atoms with E-state index in [4.69, 9.17) is 0 Å². The normalized spacial score (nSPS) is 14.0. The minimum Gasteiger partial charge on any atom is -0.258 e. The number of rotatable bonds is 6. The fraction of sp³-hybridized carbons (Fsp3) is 0.450. The van der Waals surface area contributed by atoms with E-state index in [9.17, 15) is 8.78 Å². The number of nitrogens with zero attached hydrogens (tertiary/aromatic N) is 1. The molecule has 0 bridgehead atoms. The first-order valence-corrected chi connectivity index (χ1v) is 8.26. The Morgan fingerprint density at radius 2 is 1.70 bits per heavy atom. The van der Waals surface area contributed by atoms with Gasteiger partial charge < -0.3 is 0 Å². The molecule has 0 amide bonds. The van der Waals surface area contributed by atoms with Crippen LogP contribution in [-0.4, -0.2) is 4.98 Å². The first kappa shape index (κ1) is 17.6. The third kappa shape index (κ3) is 4.60. The molecule has 124 valence electrons. The predicted octanol–water partition coefficient (Wildman–Crippen LogP) is 5.54. The van der Waals surface area contributed by atoms with Crippen LogP contribution in [0.25, 0.3) is 0 Å². The van der Waals surface area contributed by atoms with Gasteiger partial charge in [0.1, 0.15) is 11.6 Å². The van der Waals surface area contributed by atoms with Crippen molar-refractivity contribution in [3.8, 4) is 0 Å². The van der Waals surface area contributed by atoms with E-state index in [1.807, 2.05) is 19.1 Å². The van der Waals surface area contributed by atoms with Gasteiger partial charge in [0.2, 0.25) is 0 Å².